The van der Waals surface area contributed by atoms with Crippen molar-refractivity contribution < 1.29 is 19.1 Å². The lowest BCUT2D eigenvalue weighted by molar-refractivity contribution is -0.121. The number of rotatable bonds is 4. The van der Waals surface area contributed by atoms with Crippen molar-refractivity contribution in [1.29, 1.82) is 0 Å². The van der Waals surface area contributed by atoms with Gasteiger partial charge in [-0.2, -0.15) is 0 Å². The Labute approximate surface area is 152 Å². The molecule has 0 radical (unpaired) electrons. The molecule has 26 heavy (non-hydrogen) atoms. The van der Waals surface area contributed by atoms with Gasteiger partial charge in [-0.15, -0.1) is 0 Å². The van der Waals surface area contributed by atoms with Crippen LogP contribution in [0.1, 0.15) is 29.9 Å². The Hall–Kier alpha value is -2.38. The summed E-state index contributed by atoms with van der Waals surface area (Å²) < 4.78 is 10.6. The first-order valence-electron chi connectivity index (χ1n) is 8.76. The van der Waals surface area contributed by atoms with Gasteiger partial charge in [-0.1, -0.05) is 12.1 Å². The number of morpholine rings is 1. The van der Waals surface area contributed by atoms with Crippen LogP contribution in [0.25, 0.3) is 10.9 Å². The van der Waals surface area contributed by atoms with Crippen LogP contribution in [-0.4, -0.2) is 60.7 Å². The van der Waals surface area contributed by atoms with Crippen LogP contribution in [0.5, 0.6) is 0 Å². The van der Waals surface area contributed by atoms with E-state index in [1.165, 1.54) is 7.11 Å². The molecule has 2 aromatic rings. The smallest absolute Gasteiger partial charge is 0.356 e. The van der Waals surface area contributed by atoms with E-state index in [0.29, 0.717) is 18.8 Å². The minimum atomic E-state index is -0.510. The second kappa shape index (κ2) is 7.47. The predicted octanol–water partition coefficient (Wildman–Crippen LogP) is 2.31. The van der Waals surface area contributed by atoms with Crippen LogP contribution in [0.4, 0.5) is 5.69 Å². The second-order valence-corrected chi connectivity index (χ2v) is 6.86. The number of esters is 1. The molecule has 1 aliphatic heterocycles. The minimum absolute atomic E-state index is 0.0903. The monoisotopic (exact) mass is 359 g/mol. The highest BCUT2D eigenvalue weighted by Crippen LogP contribution is 2.31. The summed E-state index contributed by atoms with van der Waals surface area (Å²) in [5.41, 5.74) is 2.49. The number of aromatic amines is 1. The third-order valence-corrected chi connectivity index (χ3v) is 4.55. The van der Waals surface area contributed by atoms with Crippen molar-refractivity contribution in [2.24, 2.45) is 0 Å². The number of benzene rings is 1. The molecule has 2 heterocycles. The van der Waals surface area contributed by atoms with E-state index >= 15 is 0 Å². The Morgan fingerprint density at radius 1 is 1.31 bits per heavy atom. The molecule has 3 rings (SSSR count). The molecule has 0 aliphatic carbocycles. The van der Waals surface area contributed by atoms with Crippen molar-refractivity contribution >= 4 is 28.5 Å². The first kappa shape index (κ1) is 18.4. The molecule has 1 aromatic heterocycles. The number of methoxy groups -OCH3 is 1. The van der Waals surface area contributed by atoms with Gasteiger partial charge in [0, 0.05) is 24.0 Å². The maximum absolute atomic E-state index is 12.7. The molecule has 0 spiro atoms. The average molecular weight is 359 g/mol. The van der Waals surface area contributed by atoms with Gasteiger partial charge in [-0.05, 0) is 32.4 Å². The fourth-order valence-electron chi connectivity index (χ4n) is 3.60. The molecular formula is C19H25N3O4. The number of carbonyl (C=O) groups excluding carboxylic acids is 2. The SMILES string of the molecule is COC(=O)c1[nH]c2cccc(C)c2c1NC(=O)CN1C[C@@H](C)O[C@@H](C)C1. The highest BCUT2D eigenvalue weighted by atomic mass is 16.5. The predicted molar refractivity (Wildman–Crippen MR) is 99.5 cm³/mol. The highest BCUT2D eigenvalue weighted by Gasteiger charge is 2.26. The van der Waals surface area contributed by atoms with E-state index in [1.54, 1.807) is 0 Å². The lowest BCUT2D eigenvalue weighted by Crippen LogP contribution is -2.48. The van der Waals surface area contributed by atoms with Crippen LogP contribution < -0.4 is 5.32 Å². The standard InChI is InChI=1S/C19H25N3O4/c1-11-6-5-7-14-16(11)17(18(20-14)19(24)25-4)21-15(23)10-22-8-12(2)26-13(3)9-22/h5-7,12-13,20H,8-10H2,1-4H3,(H,21,23)/t12-,13+. The van der Waals surface area contributed by atoms with Crippen LogP contribution in [0.2, 0.25) is 0 Å². The third kappa shape index (κ3) is 3.73. The molecule has 1 amide bonds. The number of nitrogens with zero attached hydrogens (tertiary/aromatic N) is 1. The largest absolute Gasteiger partial charge is 0.464 e. The van der Waals surface area contributed by atoms with Crippen LogP contribution in [0.15, 0.2) is 18.2 Å². The zero-order valence-corrected chi connectivity index (χ0v) is 15.6. The third-order valence-electron chi connectivity index (χ3n) is 4.55. The van der Waals surface area contributed by atoms with Gasteiger partial charge >= 0.3 is 5.97 Å². The van der Waals surface area contributed by atoms with Gasteiger partial charge < -0.3 is 19.8 Å². The summed E-state index contributed by atoms with van der Waals surface area (Å²) in [5.74, 6) is -0.676. The number of aryl methyl sites for hydroxylation is 1. The summed E-state index contributed by atoms with van der Waals surface area (Å²) >= 11 is 0. The first-order valence-corrected chi connectivity index (χ1v) is 8.76. The van der Waals surface area contributed by atoms with Crippen molar-refractivity contribution in [3.63, 3.8) is 0 Å². The zero-order valence-electron chi connectivity index (χ0n) is 15.6. The number of aromatic nitrogens is 1. The fraction of sp³-hybridized carbons (Fsp3) is 0.474. The van der Waals surface area contributed by atoms with Crippen LogP contribution in [0, 0.1) is 6.92 Å². The average Bonchev–Trinajstić information content (AvgIpc) is 2.92. The van der Waals surface area contributed by atoms with Crippen LogP contribution >= 0.6 is 0 Å². The minimum Gasteiger partial charge on any atom is -0.464 e. The molecule has 7 nitrogen and oxygen atoms in total. The molecule has 2 atom stereocenters. The van der Waals surface area contributed by atoms with Gasteiger partial charge in [0.1, 0.15) is 5.69 Å². The van der Waals surface area contributed by atoms with Gasteiger partial charge in [0.25, 0.3) is 0 Å². The number of amides is 1. The molecular weight excluding hydrogens is 334 g/mol. The van der Waals surface area contributed by atoms with Gasteiger partial charge in [-0.25, -0.2) is 4.79 Å². The highest BCUT2D eigenvalue weighted by molar-refractivity contribution is 6.12. The Morgan fingerprint density at radius 3 is 2.65 bits per heavy atom. The number of fused-ring (bicyclic) bond motifs is 1. The summed E-state index contributed by atoms with van der Waals surface area (Å²) in [4.78, 5) is 29.9. The molecule has 1 saturated heterocycles. The van der Waals surface area contributed by atoms with Crippen LogP contribution in [-0.2, 0) is 14.3 Å². The number of nitrogens with one attached hydrogen (secondary N) is 2. The second-order valence-electron chi connectivity index (χ2n) is 6.86. The molecule has 0 saturated carbocycles. The molecule has 0 bridgehead atoms. The van der Waals surface area contributed by atoms with Crippen molar-refractivity contribution in [1.82, 2.24) is 9.88 Å². The summed E-state index contributed by atoms with van der Waals surface area (Å²) in [6.07, 6.45) is 0.181. The zero-order chi connectivity index (χ0) is 18.8. The van der Waals surface area contributed by atoms with Crippen molar-refractivity contribution in [3.8, 4) is 0 Å². The number of hydrogen-bond acceptors (Lipinski definition) is 5. The van der Waals surface area contributed by atoms with E-state index in [9.17, 15) is 9.59 Å². The van der Waals surface area contributed by atoms with Crippen molar-refractivity contribution in [2.75, 3.05) is 32.1 Å². The Bertz CT molecular complexity index is 820. The Morgan fingerprint density at radius 2 is 2.00 bits per heavy atom. The van der Waals surface area contributed by atoms with Crippen LogP contribution in [0.3, 0.4) is 0 Å². The van der Waals surface area contributed by atoms with Crippen molar-refractivity contribution in [3.05, 3.63) is 29.5 Å². The number of ether oxygens (including phenoxy) is 2. The van der Waals surface area contributed by atoms with E-state index in [2.05, 4.69) is 15.2 Å². The van der Waals surface area contributed by atoms with Gasteiger partial charge in [0.05, 0.1) is 31.5 Å². The molecule has 1 aliphatic rings. The normalized spacial score (nSPS) is 20.9. The number of hydrogen-bond donors (Lipinski definition) is 2. The topological polar surface area (TPSA) is 83.7 Å². The quantitative estimate of drug-likeness (QED) is 0.819. The molecule has 1 fully saturated rings. The number of carbonyl (C=O) groups is 2. The van der Waals surface area contributed by atoms with E-state index < -0.39 is 5.97 Å². The Kier molecular flexibility index (Phi) is 5.29. The molecule has 7 heteroatoms. The van der Waals surface area contributed by atoms with Gasteiger partial charge in [-0.3, -0.25) is 9.69 Å². The summed E-state index contributed by atoms with van der Waals surface area (Å²) in [7, 11) is 1.32. The lowest BCUT2D eigenvalue weighted by Gasteiger charge is -2.34. The van der Waals surface area contributed by atoms with Crippen molar-refractivity contribution in [2.45, 2.75) is 33.0 Å². The Balaban J connectivity index is 1.85. The molecule has 2 N–H and O–H groups in total. The molecule has 140 valence electrons. The number of anilines is 1. The fourth-order valence-corrected chi connectivity index (χ4v) is 3.60. The van der Waals surface area contributed by atoms with E-state index in [0.717, 1.165) is 16.5 Å². The molecule has 0 unspecified atom stereocenters. The van der Waals surface area contributed by atoms with E-state index in [-0.39, 0.29) is 30.4 Å². The summed E-state index contributed by atoms with van der Waals surface area (Å²) in [5, 5.41) is 3.74. The maximum Gasteiger partial charge on any atom is 0.356 e. The number of H-pyrrole nitrogens is 1. The summed E-state index contributed by atoms with van der Waals surface area (Å²) in [6.45, 7) is 7.59. The van der Waals surface area contributed by atoms with E-state index in [4.69, 9.17) is 9.47 Å². The van der Waals surface area contributed by atoms with Gasteiger partial charge in [0.15, 0.2) is 0 Å². The first-order chi connectivity index (χ1) is 12.4. The summed E-state index contributed by atoms with van der Waals surface area (Å²) in [6, 6.07) is 5.71. The van der Waals surface area contributed by atoms with E-state index in [1.807, 2.05) is 39.0 Å². The molecule has 1 aromatic carbocycles. The maximum atomic E-state index is 12.7. The lowest BCUT2D eigenvalue weighted by atomic mass is 10.1. The van der Waals surface area contributed by atoms with Gasteiger partial charge in [0.2, 0.25) is 5.91 Å².